The molecular weight excluding hydrogens is 424 g/mol. The molecule has 4 nitrogen and oxygen atoms in total. The summed E-state index contributed by atoms with van der Waals surface area (Å²) in [6.45, 7) is 16.0. The maximum absolute atomic E-state index is 12.8. The second kappa shape index (κ2) is 7.22. The van der Waals surface area contributed by atoms with Crippen molar-refractivity contribution >= 4 is 5.97 Å². The molecule has 4 heteroatoms. The normalized spacial score (nSPS) is 53.9. The molecule has 0 heterocycles. The Hall–Kier alpha value is -1.13. The van der Waals surface area contributed by atoms with Gasteiger partial charge in [-0.2, -0.15) is 0 Å². The number of aliphatic hydroxyl groups is 2. The van der Waals surface area contributed by atoms with E-state index in [1.807, 2.05) is 0 Å². The third kappa shape index (κ3) is 2.71. The van der Waals surface area contributed by atoms with Crippen molar-refractivity contribution in [2.75, 3.05) is 0 Å². The van der Waals surface area contributed by atoms with Gasteiger partial charge in [0.15, 0.2) is 0 Å². The van der Waals surface area contributed by atoms with Gasteiger partial charge in [0, 0.05) is 5.41 Å². The van der Waals surface area contributed by atoms with E-state index in [1.165, 1.54) is 11.1 Å². The minimum Gasteiger partial charge on any atom is -0.481 e. The molecule has 5 rings (SSSR count). The number of fused-ring (bicyclic) bond motifs is 7. The third-order valence-electron chi connectivity index (χ3n) is 12.7. The van der Waals surface area contributed by atoms with E-state index in [4.69, 9.17) is 0 Å². The van der Waals surface area contributed by atoms with E-state index in [0.29, 0.717) is 24.2 Å². The molecule has 0 spiro atoms. The fraction of sp³-hybridized carbons (Fsp3) is 0.833. The van der Waals surface area contributed by atoms with Gasteiger partial charge in [-0.15, -0.1) is 0 Å². The first-order valence-corrected chi connectivity index (χ1v) is 13.7. The molecule has 0 aromatic heterocycles. The van der Waals surface area contributed by atoms with Crippen LogP contribution < -0.4 is 0 Å². The van der Waals surface area contributed by atoms with Crippen molar-refractivity contribution in [3.05, 3.63) is 23.3 Å². The maximum Gasteiger partial charge on any atom is 0.310 e. The highest BCUT2D eigenvalue weighted by molar-refractivity contribution is 5.76. The first-order valence-electron chi connectivity index (χ1n) is 13.7. The lowest BCUT2D eigenvalue weighted by molar-refractivity contribution is -0.171. The molecule has 0 bridgehead atoms. The fourth-order valence-electron chi connectivity index (χ4n) is 10.3. The van der Waals surface area contributed by atoms with Gasteiger partial charge in [-0.1, -0.05) is 71.8 Å². The zero-order valence-corrected chi connectivity index (χ0v) is 22.3. The largest absolute Gasteiger partial charge is 0.481 e. The van der Waals surface area contributed by atoms with Crippen LogP contribution in [0.2, 0.25) is 0 Å². The fourth-order valence-corrected chi connectivity index (χ4v) is 10.3. The number of carboxylic acid groups (broad SMARTS) is 1. The van der Waals surface area contributed by atoms with Crippen LogP contribution in [0.3, 0.4) is 0 Å². The van der Waals surface area contributed by atoms with Crippen molar-refractivity contribution in [1.82, 2.24) is 0 Å². The van der Waals surface area contributed by atoms with Crippen molar-refractivity contribution < 1.29 is 20.1 Å². The number of hydrogen-bond acceptors (Lipinski definition) is 3. The molecule has 3 saturated carbocycles. The van der Waals surface area contributed by atoms with Crippen LogP contribution in [-0.2, 0) is 4.79 Å². The molecular formula is C30H46O4. The summed E-state index contributed by atoms with van der Waals surface area (Å²) in [5, 5.41) is 32.3. The van der Waals surface area contributed by atoms with E-state index in [9.17, 15) is 20.1 Å². The minimum atomic E-state index is -0.739. The molecule has 0 amide bonds. The van der Waals surface area contributed by atoms with Crippen LogP contribution in [0.1, 0.15) is 93.4 Å². The molecule has 3 fully saturated rings. The van der Waals surface area contributed by atoms with E-state index < -0.39 is 29.0 Å². The predicted octanol–water partition coefficient (Wildman–Crippen LogP) is 5.98. The molecule has 5 aliphatic rings. The van der Waals surface area contributed by atoms with Crippen LogP contribution >= 0.6 is 0 Å². The first-order chi connectivity index (χ1) is 15.7. The van der Waals surface area contributed by atoms with Gasteiger partial charge >= 0.3 is 5.97 Å². The Kier molecular flexibility index (Phi) is 5.21. The van der Waals surface area contributed by atoms with Gasteiger partial charge in [-0.05, 0) is 84.9 Å². The van der Waals surface area contributed by atoms with E-state index in [1.54, 1.807) is 0 Å². The highest BCUT2D eigenvalue weighted by Gasteiger charge is 2.68. The van der Waals surface area contributed by atoms with E-state index >= 15 is 0 Å². The summed E-state index contributed by atoms with van der Waals surface area (Å²) in [6.07, 6.45) is 9.38. The van der Waals surface area contributed by atoms with E-state index in [-0.39, 0.29) is 22.2 Å². The van der Waals surface area contributed by atoms with Crippen molar-refractivity contribution in [2.24, 2.45) is 50.7 Å². The number of aliphatic carboxylic acids is 1. The number of carboxylic acids is 1. The van der Waals surface area contributed by atoms with Gasteiger partial charge in [0.1, 0.15) is 0 Å². The second-order valence-corrected chi connectivity index (χ2v) is 14.2. The van der Waals surface area contributed by atoms with Gasteiger partial charge in [-0.3, -0.25) is 4.79 Å². The number of carbonyl (C=O) groups is 1. The third-order valence-corrected chi connectivity index (χ3v) is 12.7. The molecule has 0 aromatic carbocycles. The Bertz CT molecular complexity index is 963. The summed E-state index contributed by atoms with van der Waals surface area (Å²) in [5.41, 5.74) is 1.45. The molecule has 10 unspecified atom stereocenters. The topological polar surface area (TPSA) is 77.8 Å². The molecule has 5 aliphatic carbocycles. The standard InChI is InChI=1S/C30H46O4/c1-17-10-13-30(25(33)34)15-14-28(6)19(23(30)18(17)2)8-9-22-27(5)16-20(31)24(32)26(3,4)21(27)11-12-29(22,28)7/h8,11,17-18,20,22-24,31-32H,9-10,12-16H2,1-7H3,(H,33,34). The summed E-state index contributed by atoms with van der Waals surface area (Å²) >= 11 is 0. The van der Waals surface area contributed by atoms with E-state index in [2.05, 4.69) is 60.6 Å². The van der Waals surface area contributed by atoms with Crippen LogP contribution in [0.25, 0.3) is 0 Å². The van der Waals surface area contributed by atoms with Crippen LogP contribution in [0, 0.1) is 50.7 Å². The van der Waals surface area contributed by atoms with Crippen molar-refractivity contribution in [2.45, 2.75) is 106 Å². The summed E-state index contributed by atoms with van der Waals surface area (Å²) in [7, 11) is 0. The van der Waals surface area contributed by atoms with Gasteiger partial charge in [0.25, 0.3) is 0 Å². The molecule has 0 radical (unpaired) electrons. The lowest BCUT2D eigenvalue weighted by Gasteiger charge is -2.69. The summed E-state index contributed by atoms with van der Waals surface area (Å²) < 4.78 is 0. The molecule has 0 aliphatic heterocycles. The Morgan fingerprint density at radius 1 is 1.00 bits per heavy atom. The first kappa shape index (κ1) is 24.6. The highest BCUT2D eigenvalue weighted by atomic mass is 16.4. The van der Waals surface area contributed by atoms with Crippen LogP contribution in [0.15, 0.2) is 23.3 Å². The van der Waals surface area contributed by atoms with Crippen LogP contribution in [0.4, 0.5) is 0 Å². The lowest BCUT2D eigenvalue weighted by Crippen LogP contribution is -2.64. The number of hydrogen-bond donors (Lipinski definition) is 3. The summed E-state index contributed by atoms with van der Waals surface area (Å²) in [6, 6.07) is 0. The SMILES string of the molecule is CC1CCC2(C(=O)O)CCC3(C)C(=CCC4C5(C)CC(O)C(O)C(C)(C)C5=CCC43C)C2C1C. The van der Waals surface area contributed by atoms with E-state index in [0.717, 1.165) is 38.5 Å². The molecule has 10 atom stereocenters. The Morgan fingerprint density at radius 3 is 2.32 bits per heavy atom. The van der Waals surface area contributed by atoms with Gasteiger partial charge in [0.2, 0.25) is 0 Å². The van der Waals surface area contributed by atoms with Crippen molar-refractivity contribution in [1.29, 1.82) is 0 Å². The van der Waals surface area contributed by atoms with Crippen LogP contribution in [0.5, 0.6) is 0 Å². The van der Waals surface area contributed by atoms with Gasteiger partial charge in [-0.25, -0.2) is 0 Å². The molecule has 34 heavy (non-hydrogen) atoms. The van der Waals surface area contributed by atoms with Gasteiger partial charge in [0.05, 0.1) is 17.6 Å². The Labute approximate surface area is 205 Å². The number of aliphatic hydroxyl groups excluding tert-OH is 2. The molecule has 190 valence electrons. The van der Waals surface area contributed by atoms with Crippen molar-refractivity contribution in [3.8, 4) is 0 Å². The highest BCUT2D eigenvalue weighted by Crippen LogP contribution is 2.74. The lowest BCUT2D eigenvalue weighted by atomic mass is 9.35. The summed E-state index contributed by atoms with van der Waals surface area (Å²) in [4.78, 5) is 12.8. The molecule has 0 aromatic rings. The zero-order valence-electron chi connectivity index (χ0n) is 22.3. The maximum atomic E-state index is 12.8. The average Bonchev–Trinajstić information content (AvgIpc) is 2.75. The molecule has 0 saturated heterocycles. The average molecular weight is 471 g/mol. The monoisotopic (exact) mass is 470 g/mol. The second-order valence-electron chi connectivity index (χ2n) is 14.2. The number of rotatable bonds is 1. The van der Waals surface area contributed by atoms with Crippen LogP contribution in [-0.4, -0.2) is 33.5 Å². The zero-order chi connectivity index (χ0) is 25.1. The van der Waals surface area contributed by atoms with Gasteiger partial charge < -0.3 is 15.3 Å². The number of allylic oxidation sites excluding steroid dienone is 3. The quantitative estimate of drug-likeness (QED) is 0.412. The Balaban J connectivity index is 1.64. The van der Waals surface area contributed by atoms with Crippen molar-refractivity contribution in [3.63, 3.8) is 0 Å². The summed E-state index contributed by atoms with van der Waals surface area (Å²) in [5.74, 6) is 0.794. The minimum absolute atomic E-state index is 0.00149. The predicted molar refractivity (Wildman–Crippen MR) is 134 cm³/mol. The smallest absolute Gasteiger partial charge is 0.310 e. The Morgan fingerprint density at radius 2 is 1.68 bits per heavy atom. The molecule has 3 N–H and O–H groups in total.